The maximum absolute atomic E-state index is 14.7. The number of nitrogens with zero attached hydrogens (tertiary/aromatic N) is 3. The monoisotopic (exact) mass is 460 g/mol. The number of urea groups is 1. The highest BCUT2D eigenvalue weighted by molar-refractivity contribution is 5.95. The molecule has 180 valence electrons. The fourth-order valence-electron chi connectivity index (χ4n) is 4.56. The van der Waals surface area contributed by atoms with Crippen molar-refractivity contribution in [2.45, 2.75) is 46.2 Å². The minimum Gasteiger partial charge on any atom is -0.463 e. The van der Waals surface area contributed by atoms with Crippen LogP contribution >= 0.6 is 0 Å². The Kier molecular flexibility index (Phi) is 8.07. The molecule has 1 aromatic rings. The van der Waals surface area contributed by atoms with E-state index in [1.165, 1.54) is 11.0 Å². The summed E-state index contributed by atoms with van der Waals surface area (Å²) in [4.78, 5) is 43.8. The number of likely N-dealkylation sites (N-methyl/N-ethyl adjacent to an activating group) is 1. The maximum Gasteiger partial charge on any atom is 0.338 e. The normalized spacial score (nSPS) is 21.8. The summed E-state index contributed by atoms with van der Waals surface area (Å²) >= 11 is 0. The number of rotatable bonds is 7. The van der Waals surface area contributed by atoms with E-state index in [2.05, 4.69) is 10.2 Å². The van der Waals surface area contributed by atoms with Gasteiger partial charge in [-0.25, -0.2) is 14.0 Å². The number of hydrogen-bond donors (Lipinski definition) is 1. The van der Waals surface area contributed by atoms with Gasteiger partial charge in [0, 0.05) is 56.4 Å². The van der Waals surface area contributed by atoms with Gasteiger partial charge in [0.05, 0.1) is 18.2 Å². The first-order valence-corrected chi connectivity index (χ1v) is 11.6. The number of amides is 3. The summed E-state index contributed by atoms with van der Waals surface area (Å²) in [6.07, 6.45) is 0.455. The number of halogens is 1. The van der Waals surface area contributed by atoms with Crippen molar-refractivity contribution < 1.29 is 23.5 Å². The molecule has 0 radical (unpaired) electrons. The van der Waals surface area contributed by atoms with E-state index in [1.54, 1.807) is 25.1 Å². The third-order valence-corrected chi connectivity index (χ3v) is 6.17. The summed E-state index contributed by atoms with van der Waals surface area (Å²) < 4.78 is 20.0. The van der Waals surface area contributed by atoms with E-state index in [1.807, 2.05) is 25.7 Å². The number of carbonyl (C=O) groups is 3. The molecule has 2 aliphatic heterocycles. The molecule has 1 N–H and O–H groups in total. The van der Waals surface area contributed by atoms with Crippen molar-refractivity contribution >= 4 is 17.9 Å². The van der Waals surface area contributed by atoms with Crippen LogP contribution in [0.4, 0.5) is 9.18 Å². The zero-order valence-corrected chi connectivity index (χ0v) is 19.8. The highest BCUT2D eigenvalue weighted by atomic mass is 19.1. The maximum atomic E-state index is 14.7. The topological polar surface area (TPSA) is 82.2 Å². The molecule has 0 saturated carbocycles. The molecular formula is C24H33FN4O4. The van der Waals surface area contributed by atoms with Crippen molar-refractivity contribution in [3.8, 4) is 0 Å². The number of carbonyl (C=O) groups excluding carboxylic acids is 3. The Balaban J connectivity index is 2.01. The van der Waals surface area contributed by atoms with Gasteiger partial charge in [0.1, 0.15) is 5.82 Å². The van der Waals surface area contributed by atoms with Crippen molar-refractivity contribution in [2.24, 2.45) is 0 Å². The van der Waals surface area contributed by atoms with Gasteiger partial charge in [-0.05, 0) is 26.8 Å². The largest absolute Gasteiger partial charge is 0.463 e. The number of hydrogen-bond acceptors (Lipinski definition) is 5. The van der Waals surface area contributed by atoms with Gasteiger partial charge >= 0.3 is 12.0 Å². The lowest BCUT2D eigenvalue weighted by Crippen LogP contribution is -2.56. The van der Waals surface area contributed by atoms with Crippen LogP contribution in [0.15, 0.2) is 35.5 Å². The van der Waals surface area contributed by atoms with E-state index >= 15 is 0 Å². The third-order valence-electron chi connectivity index (χ3n) is 6.17. The molecule has 0 aromatic heterocycles. The van der Waals surface area contributed by atoms with Crippen LogP contribution < -0.4 is 5.32 Å². The number of ether oxygens (including phenoxy) is 1. The molecule has 0 aliphatic carbocycles. The molecule has 2 unspecified atom stereocenters. The van der Waals surface area contributed by atoms with Gasteiger partial charge in [0.25, 0.3) is 0 Å². The molecule has 1 aromatic carbocycles. The second-order valence-corrected chi connectivity index (χ2v) is 8.25. The summed E-state index contributed by atoms with van der Waals surface area (Å²) in [5, 5.41) is 2.79. The van der Waals surface area contributed by atoms with Crippen LogP contribution in [-0.2, 0) is 14.3 Å². The van der Waals surface area contributed by atoms with Gasteiger partial charge in [0.15, 0.2) is 0 Å². The summed E-state index contributed by atoms with van der Waals surface area (Å²) in [5.41, 5.74) is 0.965. The molecule has 8 nitrogen and oxygen atoms in total. The van der Waals surface area contributed by atoms with Gasteiger partial charge in [-0.2, -0.15) is 0 Å². The Labute approximate surface area is 194 Å². The highest BCUT2D eigenvalue weighted by Gasteiger charge is 2.40. The number of benzene rings is 1. The minimum absolute atomic E-state index is 0.00713. The van der Waals surface area contributed by atoms with Crippen LogP contribution in [0.5, 0.6) is 0 Å². The Morgan fingerprint density at radius 2 is 1.91 bits per heavy atom. The average Bonchev–Trinajstić information content (AvgIpc) is 2.79. The van der Waals surface area contributed by atoms with Crippen molar-refractivity contribution in [2.75, 3.05) is 39.3 Å². The molecule has 0 bridgehead atoms. The lowest BCUT2D eigenvalue weighted by molar-refractivity contribution is -0.139. The Hall–Kier alpha value is -2.94. The summed E-state index contributed by atoms with van der Waals surface area (Å²) in [7, 11) is 0. The van der Waals surface area contributed by atoms with Gasteiger partial charge < -0.3 is 15.0 Å². The minimum atomic E-state index is -0.948. The molecule has 1 saturated heterocycles. The summed E-state index contributed by atoms with van der Waals surface area (Å²) in [5.74, 6) is -0.971. The van der Waals surface area contributed by atoms with Crippen LogP contribution in [0.25, 0.3) is 0 Å². The second kappa shape index (κ2) is 10.8. The molecule has 3 amide bonds. The van der Waals surface area contributed by atoms with Crippen LogP contribution in [0.3, 0.4) is 0 Å². The zero-order valence-electron chi connectivity index (χ0n) is 19.8. The van der Waals surface area contributed by atoms with E-state index in [-0.39, 0.29) is 35.7 Å². The second-order valence-electron chi connectivity index (χ2n) is 8.25. The number of nitrogens with one attached hydrogen (secondary N) is 1. The first-order chi connectivity index (χ1) is 15.8. The van der Waals surface area contributed by atoms with Crippen molar-refractivity contribution in [1.82, 2.24) is 20.0 Å². The molecule has 3 rings (SSSR count). The summed E-state index contributed by atoms with van der Waals surface area (Å²) in [6.45, 7) is 9.99. The van der Waals surface area contributed by atoms with Crippen LogP contribution in [0.1, 0.15) is 45.7 Å². The predicted molar refractivity (Wildman–Crippen MR) is 122 cm³/mol. The Morgan fingerprint density at radius 3 is 2.52 bits per heavy atom. The van der Waals surface area contributed by atoms with Crippen molar-refractivity contribution in [3.63, 3.8) is 0 Å². The highest BCUT2D eigenvalue weighted by Crippen LogP contribution is 2.33. The van der Waals surface area contributed by atoms with Crippen LogP contribution in [-0.4, -0.2) is 78.0 Å². The lowest BCUT2D eigenvalue weighted by Gasteiger charge is -2.43. The van der Waals surface area contributed by atoms with Gasteiger partial charge in [-0.15, -0.1) is 0 Å². The molecular weight excluding hydrogens is 427 g/mol. The standard InChI is InChI=1S/C24H33FN4O4/c1-5-20(30)29-13-12-27(14-16(29)4)15-19-21(23(31)33-7-3)22(26-24(32)28(19)6-2)17-10-8-9-11-18(17)25/h8-11,16,22H,5-7,12-15H2,1-4H3,(H,26,32). The molecule has 33 heavy (non-hydrogen) atoms. The van der Waals surface area contributed by atoms with Gasteiger partial charge in [-0.1, -0.05) is 25.1 Å². The van der Waals surface area contributed by atoms with E-state index in [0.29, 0.717) is 44.8 Å². The number of esters is 1. The third kappa shape index (κ3) is 5.19. The van der Waals surface area contributed by atoms with Crippen molar-refractivity contribution in [1.29, 1.82) is 0 Å². The van der Waals surface area contributed by atoms with E-state index in [0.717, 1.165) is 0 Å². The van der Waals surface area contributed by atoms with Gasteiger partial charge in [-0.3, -0.25) is 14.6 Å². The predicted octanol–water partition coefficient (Wildman–Crippen LogP) is 2.67. The zero-order chi connectivity index (χ0) is 24.1. The quantitative estimate of drug-likeness (QED) is 0.633. The van der Waals surface area contributed by atoms with Crippen LogP contribution in [0.2, 0.25) is 0 Å². The first-order valence-electron chi connectivity index (χ1n) is 11.6. The SMILES string of the molecule is CCOC(=O)C1=C(CN2CCN(C(=O)CC)C(C)C2)N(CC)C(=O)NC1c1ccccc1F. The molecule has 9 heteroatoms. The fraction of sp³-hybridized carbons (Fsp3) is 0.542. The Morgan fingerprint density at radius 1 is 1.18 bits per heavy atom. The van der Waals surface area contributed by atoms with Crippen molar-refractivity contribution in [3.05, 3.63) is 46.9 Å². The van der Waals surface area contributed by atoms with E-state index < -0.39 is 17.8 Å². The molecule has 2 atom stereocenters. The molecule has 1 fully saturated rings. The first kappa shape index (κ1) is 24.7. The van der Waals surface area contributed by atoms with E-state index in [4.69, 9.17) is 4.74 Å². The van der Waals surface area contributed by atoms with Crippen LogP contribution in [0, 0.1) is 5.82 Å². The fourth-order valence-corrected chi connectivity index (χ4v) is 4.56. The lowest BCUT2D eigenvalue weighted by atomic mass is 9.93. The molecule has 2 aliphatic rings. The average molecular weight is 461 g/mol. The molecule has 0 spiro atoms. The number of piperazine rings is 1. The van der Waals surface area contributed by atoms with E-state index in [9.17, 15) is 18.8 Å². The smallest absolute Gasteiger partial charge is 0.338 e. The van der Waals surface area contributed by atoms with Gasteiger partial charge in [0.2, 0.25) is 5.91 Å². The Bertz CT molecular complexity index is 935. The summed E-state index contributed by atoms with van der Waals surface area (Å²) in [6, 6.07) is 4.78. The molecule has 2 heterocycles.